The van der Waals surface area contributed by atoms with Gasteiger partial charge in [-0.1, -0.05) is 30.8 Å². The van der Waals surface area contributed by atoms with Gasteiger partial charge in [-0.3, -0.25) is 0 Å². The normalized spacial score (nSPS) is 7.27. The van der Waals surface area contributed by atoms with Crippen LogP contribution in [0.25, 0.3) is 0 Å². The van der Waals surface area contributed by atoms with E-state index in [9.17, 15) is 0 Å². The van der Waals surface area contributed by atoms with E-state index >= 15 is 0 Å². The minimum Gasteiger partial charge on any atom is -0.598 e. The van der Waals surface area contributed by atoms with Gasteiger partial charge in [0, 0.05) is 0 Å². The van der Waals surface area contributed by atoms with Crippen molar-refractivity contribution in [2.75, 3.05) is 0 Å². The van der Waals surface area contributed by atoms with Gasteiger partial charge in [0.25, 0.3) is 8.25 Å². The molecule has 5 heteroatoms. The van der Waals surface area contributed by atoms with Crippen molar-refractivity contribution in [1.29, 1.82) is 0 Å². The summed E-state index contributed by atoms with van der Waals surface area (Å²) in [5.41, 5.74) is 0. The Balaban J connectivity index is -0.000000114. The third kappa shape index (κ3) is 61.7. The molecule has 0 bridgehead atoms. The molecule has 0 spiro atoms. The smallest absolute Gasteiger partial charge is 0.598 e. The Labute approximate surface area is 79.1 Å². The molecule has 3 nitrogen and oxygen atoms in total. The molecule has 11 heavy (non-hydrogen) atoms. The van der Waals surface area contributed by atoms with Crippen molar-refractivity contribution in [3.63, 3.8) is 0 Å². The predicted octanol–water partition coefficient (Wildman–Crippen LogP) is 0.763. The monoisotopic (exact) mass is 222 g/mol. The second kappa shape index (κ2) is 16.9. The van der Waals surface area contributed by atoms with Crippen LogP contribution in [0.3, 0.4) is 0 Å². The summed E-state index contributed by atoms with van der Waals surface area (Å²) in [4.78, 5) is 17.0. The van der Waals surface area contributed by atoms with E-state index < -0.39 is 8.25 Å². The summed E-state index contributed by atoms with van der Waals surface area (Å²) in [5.74, 6) is 0. The van der Waals surface area contributed by atoms with Gasteiger partial charge in [0.1, 0.15) is 0 Å². The molecule has 0 rings (SSSR count). The van der Waals surface area contributed by atoms with E-state index in [0.29, 0.717) is 0 Å². The van der Waals surface area contributed by atoms with Crippen LogP contribution >= 0.6 is 8.25 Å². The molecule has 0 aliphatic rings. The van der Waals surface area contributed by atoms with Crippen LogP contribution in [0.15, 0.2) is 0 Å². The molecule has 0 saturated heterocycles. The van der Waals surface area contributed by atoms with Crippen LogP contribution < -0.4 is 9.79 Å². The number of hydrogen-bond donors (Lipinski definition) is 0. The maximum absolute atomic E-state index is 8.48. The van der Waals surface area contributed by atoms with Gasteiger partial charge in [-0.05, 0) is 0 Å². The average Bonchev–Trinajstić information content (AvgIpc) is 1.82. The van der Waals surface area contributed by atoms with E-state index in [0.717, 1.165) is 6.42 Å². The van der Waals surface area contributed by atoms with Crippen molar-refractivity contribution in [2.24, 2.45) is 0 Å². The fraction of sp³-hybridized carbons (Fsp3) is 0.833. The van der Waals surface area contributed by atoms with Crippen LogP contribution in [-0.2, 0) is 21.1 Å². The topological polar surface area (TPSA) is 63.2 Å². The molecular formula is C6H13NiO3P+. The van der Waals surface area contributed by atoms with Crippen LogP contribution in [-0.4, -0.2) is 0 Å². The molecule has 0 aliphatic heterocycles. The molecule has 69 valence electrons. The SMILES string of the molecule is O=[P+]([O-])[O-].[CH2-]CCCCC.[Ni+3]. The van der Waals surface area contributed by atoms with Crippen molar-refractivity contribution in [3.8, 4) is 0 Å². The Hall–Kier alpha value is 0.514. The second-order valence-electron chi connectivity index (χ2n) is 1.78. The first-order chi connectivity index (χ1) is 4.65. The quantitative estimate of drug-likeness (QED) is 0.307. The summed E-state index contributed by atoms with van der Waals surface area (Å²) in [5, 5.41) is 0. The first-order valence-electron chi connectivity index (χ1n) is 3.25. The Kier molecular flexibility index (Phi) is 26.9. The zero-order chi connectivity index (χ0) is 8.41. The molecule has 0 heterocycles. The van der Waals surface area contributed by atoms with Gasteiger partial charge < -0.3 is 16.7 Å². The zero-order valence-electron chi connectivity index (χ0n) is 6.52. The van der Waals surface area contributed by atoms with E-state index in [2.05, 4.69) is 13.8 Å². The summed E-state index contributed by atoms with van der Waals surface area (Å²) < 4.78 is 8.48. The molecule has 0 N–H and O–H groups in total. The third-order valence-corrected chi connectivity index (χ3v) is 0.854. The first kappa shape index (κ1) is 17.6. The maximum atomic E-state index is 8.48. The second-order valence-corrected chi connectivity index (χ2v) is 2.23. The van der Waals surface area contributed by atoms with Gasteiger partial charge in [0.15, 0.2) is 0 Å². The molecule has 0 saturated carbocycles. The molecule has 0 aromatic carbocycles. The summed E-state index contributed by atoms with van der Waals surface area (Å²) in [6, 6.07) is 0. The van der Waals surface area contributed by atoms with Gasteiger partial charge in [0.05, 0.1) is 0 Å². The Bertz CT molecular complexity index is 72.2. The van der Waals surface area contributed by atoms with Crippen molar-refractivity contribution < 1.29 is 30.8 Å². The molecule has 0 unspecified atom stereocenters. The van der Waals surface area contributed by atoms with Gasteiger partial charge in [0.2, 0.25) is 0 Å². The van der Waals surface area contributed by atoms with Crippen molar-refractivity contribution >= 4 is 8.25 Å². The Morgan fingerprint density at radius 3 is 1.82 bits per heavy atom. The summed E-state index contributed by atoms with van der Waals surface area (Å²) in [6.45, 7) is 5.93. The van der Waals surface area contributed by atoms with Crippen LogP contribution in [0.2, 0.25) is 0 Å². The molecular weight excluding hydrogens is 210 g/mol. The molecule has 0 atom stereocenters. The van der Waals surface area contributed by atoms with Gasteiger partial charge >= 0.3 is 16.5 Å². The molecule has 0 aromatic heterocycles. The number of hydrogen-bond acceptors (Lipinski definition) is 3. The van der Waals surface area contributed by atoms with Gasteiger partial charge in [-0.25, -0.2) is 0 Å². The largest absolute Gasteiger partial charge is 3.00 e. The zero-order valence-corrected chi connectivity index (χ0v) is 8.41. The van der Waals surface area contributed by atoms with Crippen molar-refractivity contribution in [1.82, 2.24) is 0 Å². The number of rotatable bonds is 3. The summed E-state index contributed by atoms with van der Waals surface area (Å²) in [6.07, 6.45) is 5.07. The van der Waals surface area contributed by atoms with Crippen LogP contribution in [0.4, 0.5) is 0 Å². The summed E-state index contributed by atoms with van der Waals surface area (Å²) >= 11 is 0. The fourth-order valence-corrected chi connectivity index (χ4v) is 0.427. The minimum atomic E-state index is -3.37. The number of unbranched alkanes of at least 4 members (excludes halogenated alkanes) is 3. The molecule has 0 fully saturated rings. The van der Waals surface area contributed by atoms with E-state index in [1.165, 1.54) is 19.3 Å². The fourth-order valence-electron chi connectivity index (χ4n) is 0.427. The predicted molar refractivity (Wildman–Crippen MR) is 37.1 cm³/mol. The average molecular weight is 223 g/mol. The van der Waals surface area contributed by atoms with E-state index in [1.54, 1.807) is 0 Å². The third-order valence-electron chi connectivity index (χ3n) is 0.854. The summed E-state index contributed by atoms with van der Waals surface area (Å²) in [7, 11) is -3.37. The van der Waals surface area contributed by atoms with Gasteiger partial charge in [-0.15, -0.1) is 0 Å². The van der Waals surface area contributed by atoms with Crippen LogP contribution in [0.1, 0.15) is 32.6 Å². The maximum Gasteiger partial charge on any atom is 3.00 e. The molecule has 0 aliphatic carbocycles. The Morgan fingerprint density at radius 2 is 1.73 bits per heavy atom. The Morgan fingerprint density at radius 1 is 1.36 bits per heavy atom. The van der Waals surface area contributed by atoms with Crippen LogP contribution in [0.5, 0.6) is 0 Å². The standard InChI is InChI=1S/C6H13.Ni.HO3P/c1-3-5-6-4-2;;1-4(2)3/h1,3-6H2,2H3;;(H,1,2,3)/q-1;+3;/p-1. The van der Waals surface area contributed by atoms with Crippen molar-refractivity contribution in [2.45, 2.75) is 32.6 Å². The van der Waals surface area contributed by atoms with Crippen molar-refractivity contribution in [3.05, 3.63) is 6.92 Å². The molecule has 0 amide bonds. The first-order valence-corrected chi connectivity index (χ1v) is 4.35. The van der Waals surface area contributed by atoms with E-state index in [1.807, 2.05) is 0 Å². The van der Waals surface area contributed by atoms with Crippen LogP contribution in [0, 0.1) is 6.92 Å². The molecule has 0 aromatic rings. The minimum absolute atomic E-state index is 0. The van der Waals surface area contributed by atoms with E-state index in [4.69, 9.17) is 14.4 Å². The molecule has 1 radical (unpaired) electrons. The van der Waals surface area contributed by atoms with Gasteiger partial charge in [-0.2, -0.15) is 6.42 Å². The van der Waals surface area contributed by atoms with E-state index in [-0.39, 0.29) is 16.5 Å².